The fourth-order valence-corrected chi connectivity index (χ4v) is 4.38. The molecule has 2 aromatic rings. The van der Waals surface area contributed by atoms with Gasteiger partial charge in [0.15, 0.2) is 0 Å². The van der Waals surface area contributed by atoms with Gasteiger partial charge in [-0.15, -0.1) is 0 Å². The molecule has 6 heteroatoms. The van der Waals surface area contributed by atoms with Crippen LogP contribution in [0.1, 0.15) is 36.8 Å². The van der Waals surface area contributed by atoms with Crippen LogP contribution < -0.4 is 5.32 Å². The first-order chi connectivity index (χ1) is 13.4. The average molecular weight is 388 g/mol. The third kappa shape index (κ3) is 3.65. The van der Waals surface area contributed by atoms with Crippen LogP contribution in [-0.2, 0) is 11.8 Å². The molecular formula is C22H23F3N2O. The number of nitrogens with one attached hydrogen (secondary N) is 1. The van der Waals surface area contributed by atoms with Crippen molar-refractivity contribution in [1.29, 1.82) is 0 Å². The molecule has 1 fully saturated rings. The Balaban J connectivity index is 1.73. The van der Waals surface area contributed by atoms with Crippen molar-refractivity contribution in [2.75, 3.05) is 13.1 Å². The molecule has 1 saturated carbocycles. The van der Waals surface area contributed by atoms with Gasteiger partial charge in [-0.05, 0) is 54.5 Å². The van der Waals surface area contributed by atoms with E-state index in [1.165, 1.54) is 12.1 Å². The first kappa shape index (κ1) is 19.0. The minimum Gasteiger partial charge on any atom is -0.385 e. The van der Waals surface area contributed by atoms with Gasteiger partial charge in [0, 0.05) is 12.5 Å². The van der Waals surface area contributed by atoms with E-state index in [4.69, 9.17) is 0 Å². The van der Waals surface area contributed by atoms with Crippen LogP contribution in [0, 0.1) is 5.92 Å². The molecule has 0 spiro atoms. The van der Waals surface area contributed by atoms with E-state index in [-0.39, 0.29) is 11.5 Å². The van der Waals surface area contributed by atoms with E-state index >= 15 is 0 Å². The molecule has 0 aromatic heterocycles. The zero-order valence-corrected chi connectivity index (χ0v) is 15.5. The quantitative estimate of drug-likeness (QED) is 0.797. The number of amidine groups is 1. The van der Waals surface area contributed by atoms with E-state index < -0.39 is 17.3 Å². The third-order valence-electron chi connectivity index (χ3n) is 5.76. The molecule has 2 aliphatic rings. The van der Waals surface area contributed by atoms with E-state index in [1.54, 1.807) is 30.3 Å². The lowest BCUT2D eigenvalue weighted by molar-refractivity contribution is -0.137. The Morgan fingerprint density at radius 3 is 2.57 bits per heavy atom. The van der Waals surface area contributed by atoms with Gasteiger partial charge in [0.1, 0.15) is 0 Å². The molecule has 28 heavy (non-hydrogen) atoms. The number of aliphatic hydroxyl groups is 1. The summed E-state index contributed by atoms with van der Waals surface area (Å²) >= 11 is 0. The number of rotatable bonds is 3. The molecule has 148 valence electrons. The normalized spacial score (nSPS) is 25.3. The summed E-state index contributed by atoms with van der Waals surface area (Å²) in [5.41, 5.74) is -0.682. The molecule has 4 rings (SSSR count). The molecule has 0 amide bonds. The molecule has 1 unspecified atom stereocenters. The molecule has 0 radical (unpaired) electrons. The number of hydrogen-bond donors (Lipinski definition) is 2. The maximum Gasteiger partial charge on any atom is 0.417 e. The third-order valence-corrected chi connectivity index (χ3v) is 5.76. The van der Waals surface area contributed by atoms with Crippen LogP contribution in [0.4, 0.5) is 13.2 Å². The Bertz CT molecular complexity index is 879. The van der Waals surface area contributed by atoms with Gasteiger partial charge in [0.05, 0.1) is 23.5 Å². The van der Waals surface area contributed by atoms with Crippen molar-refractivity contribution in [2.45, 2.75) is 37.5 Å². The highest BCUT2D eigenvalue weighted by molar-refractivity contribution is 5.86. The molecule has 1 aliphatic carbocycles. The lowest BCUT2D eigenvalue weighted by atomic mass is 9.73. The zero-order chi connectivity index (χ0) is 19.8. The fraction of sp³-hybridized carbons (Fsp3) is 0.409. The van der Waals surface area contributed by atoms with Crippen LogP contribution in [0.15, 0.2) is 53.5 Å². The molecule has 2 atom stereocenters. The van der Waals surface area contributed by atoms with Gasteiger partial charge in [0.25, 0.3) is 0 Å². The molecule has 3 nitrogen and oxygen atoms in total. The molecule has 1 heterocycles. The second kappa shape index (κ2) is 7.24. The van der Waals surface area contributed by atoms with Crippen LogP contribution in [0.3, 0.4) is 0 Å². The van der Waals surface area contributed by atoms with Crippen LogP contribution >= 0.6 is 0 Å². The SMILES string of the molecule is O[C@@]1(c2ccc(C(F)(F)F)c(-c3ccccc3)c2)CCCC(C2=NCCN2)C1. The number of hydrogen-bond acceptors (Lipinski definition) is 3. The van der Waals surface area contributed by atoms with E-state index in [2.05, 4.69) is 10.3 Å². The summed E-state index contributed by atoms with van der Waals surface area (Å²) in [5, 5.41) is 14.6. The predicted octanol–water partition coefficient (Wildman–Crippen LogP) is 4.75. The topological polar surface area (TPSA) is 44.6 Å². The standard InChI is InChI=1S/C22H23F3N2O/c23-22(24,25)19-9-8-17(13-18(19)15-5-2-1-3-6-15)21(28)10-4-7-16(14-21)20-26-11-12-27-20/h1-3,5-6,8-9,13,16,28H,4,7,10-12,14H2,(H,26,27)/t16?,21-/m0/s1. The molecule has 2 N–H and O–H groups in total. The van der Waals surface area contributed by atoms with Crippen molar-refractivity contribution in [2.24, 2.45) is 10.9 Å². The number of alkyl halides is 3. The Morgan fingerprint density at radius 2 is 1.89 bits per heavy atom. The van der Waals surface area contributed by atoms with Gasteiger partial charge in [-0.2, -0.15) is 13.2 Å². The number of nitrogens with zero attached hydrogens (tertiary/aromatic N) is 1. The largest absolute Gasteiger partial charge is 0.417 e. The fourth-order valence-electron chi connectivity index (χ4n) is 4.38. The lowest BCUT2D eigenvalue weighted by Crippen LogP contribution is -2.38. The minimum absolute atomic E-state index is 0.109. The molecule has 1 aliphatic heterocycles. The highest BCUT2D eigenvalue weighted by atomic mass is 19.4. The van der Waals surface area contributed by atoms with E-state index in [0.717, 1.165) is 37.8 Å². The van der Waals surface area contributed by atoms with Crippen molar-refractivity contribution in [3.05, 3.63) is 59.7 Å². The summed E-state index contributed by atoms with van der Waals surface area (Å²) in [6.07, 6.45) is -1.71. The van der Waals surface area contributed by atoms with Crippen molar-refractivity contribution in [3.63, 3.8) is 0 Å². The highest BCUT2D eigenvalue weighted by Gasteiger charge is 2.40. The zero-order valence-electron chi connectivity index (χ0n) is 15.5. The van der Waals surface area contributed by atoms with Crippen LogP contribution in [-0.4, -0.2) is 24.0 Å². The van der Waals surface area contributed by atoms with Crippen LogP contribution in [0.5, 0.6) is 0 Å². The number of benzene rings is 2. The summed E-state index contributed by atoms with van der Waals surface area (Å²) in [5.74, 6) is 1.04. The van der Waals surface area contributed by atoms with Gasteiger partial charge in [0.2, 0.25) is 0 Å². The molecule has 0 saturated heterocycles. The highest BCUT2D eigenvalue weighted by Crippen LogP contribution is 2.44. The molecule has 2 aromatic carbocycles. The van der Waals surface area contributed by atoms with E-state index in [0.29, 0.717) is 24.0 Å². The Labute approximate surface area is 162 Å². The predicted molar refractivity (Wildman–Crippen MR) is 103 cm³/mol. The van der Waals surface area contributed by atoms with Crippen molar-refractivity contribution in [3.8, 4) is 11.1 Å². The van der Waals surface area contributed by atoms with E-state index in [9.17, 15) is 18.3 Å². The summed E-state index contributed by atoms with van der Waals surface area (Å²) in [7, 11) is 0. The summed E-state index contributed by atoms with van der Waals surface area (Å²) in [6.45, 7) is 1.55. The summed E-state index contributed by atoms with van der Waals surface area (Å²) < 4.78 is 40.8. The molecule has 0 bridgehead atoms. The maximum atomic E-state index is 13.6. The molecular weight excluding hydrogens is 365 g/mol. The Hall–Kier alpha value is -2.34. The van der Waals surface area contributed by atoms with E-state index in [1.807, 2.05) is 0 Å². The van der Waals surface area contributed by atoms with Gasteiger partial charge in [-0.25, -0.2) is 0 Å². The maximum absolute atomic E-state index is 13.6. The first-order valence-electron chi connectivity index (χ1n) is 9.64. The summed E-state index contributed by atoms with van der Waals surface area (Å²) in [6, 6.07) is 12.6. The van der Waals surface area contributed by atoms with Crippen molar-refractivity contribution < 1.29 is 18.3 Å². The van der Waals surface area contributed by atoms with Crippen LogP contribution in [0.25, 0.3) is 11.1 Å². The number of aliphatic imine (C=N–C) groups is 1. The summed E-state index contributed by atoms with van der Waals surface area (Å²) in [4.78, 5) is 4.48. The Kier molecular flexibility index (Phi) is 4.91. The van der Waals surface area contributed by atoms with Gasteiger partial charge in [-0.3, -0.25) is 4.99 Å². The van der Waals surface area contributed by atoms with Gasteiger partial charge in [-0.1, -0.05) is 36.4 Å². The first-order valence-corrected chi connectivity index (χ1v) is 9.64. The second-order valence-electron chi connectivity index (χ2n) is 7.64. The minimum atomic E-state index is -4.45. The smallest absolute Gasteiger partial charge is 0.385 e. The van der Waals surface area contributed by atoms with Crippen molar-refractivity contribution in [1.82, 2.24) is 5.32 Å². The lowest BCUT2D eigenvalue weighted by Gasteiger charge is -2.37. The monoisotopic (exact) mass is 388 g/mol. The van der Waals surface area contributed by atoms with Gasteiger partial charge >= 0.3 is 6.18 Å². The number of halogens is 3. The van der Waals surface area contributed by atoms with Gasteiger partial charge < -0.3 is 10.4 Å². The second-order valence-corrected chi connectivity index (χ2v) is 7.64. The average Bonchev–Trinajstić information content (AvgIpc) is 3.22. The van der Waals surface area contributed by atoms with Crippen molar-refractivity contribution >= 4 is 5.84 Å². The van der Waals surface area contributed by atoms with Crippen LogP contribution in [0.2, 0.25) is 0 Å². The Morgan fingerprint density at radius 1 is 1.11 bits per heavy atom.